The van der Waals surface area contributed by atoms with Gasteiger partial charge in [-0.15, -0.1) is 21.5 Å². The molecule has 0 aliphatic carbocycles. The van der Waals surface area contributed by atoms with Crippen molar-refractivity contribution in [2.24, 2.45) is 0 Å². The summed E-state index contributed by atoms with van der Waals surface area (Å²) in [6, 6.07) is 4.68. The van der Waals surface area contributed by atoms with Crippen LogP contribution in [0.3, 0.4) is 0 Å². The van der Waals surface area contributed by atoms with Crippen molar-refractivity contribution in [1.82, 2.24) is 4.98 Å². The van der Waals surface area contributed by atoms with Crippen molar-refractivity contribution in [2.45, 2.75) is 13.3 Å². The van der Waals surface area contributed by atoms with Crippen molar-refractivity contribution in [2.75, 3.05) is 18.5 Å². The van der Waals surface area contributed by atoms with Crippen LogP contribution in [0.1, 0.15) is 10.6 Å². The number of carbonyl (C=O) groups is 1. The summed E-state index contributed by atoms with van der Waals surface area (Å²) >= 11 is 13.0. The molecule has 0 aliphatic heterocycles. The molecule has 0 bridgehead atoms. The van der Waals surface area contributed by atoms with Gasteiger partial charge in [0.2, 0.25) is 0 Å². The first-order chi connectivity index (χ1) is 11.8. The van der Waals surface area contributed by atoms with Crippen molar-refractivity contribution in [3.63, 3.8) is 0 Å². The molecule has 8 nitrogen and oxygen atoms in total. The Morgan fingerprint density at radius 3 is 2.88 bits per heavy atom. The number of halogens is 2. The van der Waals surface area contributed by atoms with E-state index in [1.54, 1.807) is 19.1 Å². The SMILES string of the molecule is Cc1nc(NC(=O)COc2ccc(Cl)cc2Cl)sc1CCO[N+](=O)[O-]. The monoisotopic (exact) mass is 405 g/mol. The van der Waals surface area contributed by atoms with E-state index in [-0.39, 0.29) is 13.2 Å². The molecule has 2 aromatic rings. The van der Waals surface area contributed by atoms with E-state index in [9.17, 15) is 14.9 Å². The maximum absolute atomic E-state index is 11.9. The number of hydrogen-bond donors (Lipinski definition) is 1. The van der Waals surface area contributed by atoms with Gasteiger partial charge in [0.1, 0.15) is 12.4 Å². The lowest BCUT2D eigenvalue weighted by Gasteiger charge is -2.07. The number of ether oxygens (including phenoxy) is 1. The molecule has 0 fully saturated rings. The highest BCUT2D eigenvalue weighted by Gasteiger charge is 2.12. The number of rotatable bonds is 8. The number of amides is 1. The highest BCUT2D eigenvalue weighted by Crippen LogP contribution is 2.27. The fourth-order valence-corrected chi connectivity index (χ4v) is 3.24. The van der Waals surface area contributed by atoms with Crippen LogP contribution in [0.2, 0.25) is 10.0 Å². The van der Waals surface area contributed by atoms with Crippen LogP contribution < -0.4 is 10.1 Å². The smallest absolute Gasteiger partial charge is 0.294 e. The van der Waals surface area contributed by atoms with Gasteiger partial charge in [-0.2, -0.15) is 0 Å². The predicted molar refractivity (Wildman–Crippen MR) is 94.1 cm³/mol. The standard InChI is InChI=1S/C14H13Cl2N3O5S/c1-8-12(4-5-24-19(21)22)25-14(17-8)18-13(20)7-23-11-3-2-9(15)6-10(11)16/h2-3,6H,4-5,7H2,1H3,(H,17,18,20). The molecule has 1 amide bonds. The van der Waals surface area contributed by atoms with E-state index in [2.05, 4.69) is 15.1 Å². The van der Waals surface area contributed by atoms with E-state index in [0.29, 0.717) is 33.0 Å². The molecule has 0 atom stereocenters. The van der Waals surface area contributed by atoms with Crippen LogP contribution in [0, 0.1) is 17.0 Å². The molecule has 0 unspecified atom stereocenters. The highest BCUT2D eigenvalue weighted by molar-refractivity contribution is 7.15. The van der Waals surface area contributed by atoms with Crippen molar-refractivity contribution in [3.8, 4) is 5.75 Å². The third kappa shape index (κ3) is 6.04. The second kappa shape index (κ2) is 8.84. The summed E-state index contributed by atoms with van der Waals surface area (Å²) < 4.78 is 5.33. The number of anilines is 1. The molecular formula is C14H13Cl2N3O5S. The Morgan fingerprint density at radius 1 is 1.44 bits per heavy atom. The number of hydrogen-bond acceptors (Lipinski definition) is 7. The van der Waals surface area contributed by atoms with Gasteiger partial charge in [0, 0.05) is 16.3 Å². The zero-order valence-electron chi connectivity index (χ0n) is 13.0. The molecule has 0 aliphatic rings. The molecule has 11 heteroatoms. The Labute approximate surface area is 156 Å². The number of aromatic nitrogens is 1. The first-order valence-corrected chi connectivity index (χ1v) is 8.53. The molecule has 0 saturated heterocycles. The average molecular weight is 406 g/mol. The van der Waals surface area contributed by atoms with Crippen LogP contribution >= 0.6 is 34.5 Å². The number of thiazole rings is 1. The fraction of sp³-hybridized carbons (Fsp3) is 0.286. The van der Waals surface area contributed by atoms with Crippen LogP contribution in [0.5, 0.6) is 5.75 Å². The molecule has 134 valence electrons. The number of benzene rings is 1. The second-order valence-electron chi connectivity index (χ2n) is 4.75. The van der Waals surface area contributed by atoms with E-state index in [1.807, 2.05) is 0 Å². The lowest BCUT2D eigenvalue weighted by molar-refractivity contribution is -0.757. The molecule has 1 aromatic heterocycles. The third-order valence-electron chi connectivity index (χ3n) is 2.92. The van der Waals surface area contributed by atoms with Crippen molar-refractivity contribution < 1.29 is 19.5 Å². The van der Waals surface area contributed by atoms with Gasteiger partial charge in [-0.1, -0.05) is 23.2 Å². The van der Waals surface area contributed by atoms with E-state index in [1.165, 1.54) is 17.4 Å². The summed E-state index contributed by atoms with van der Waals surface area (Å²) in [6.45, 7) is 1.43. The minimum atomic E-state index is -0.849. The zero-order chi connectivity index (χ0) is 18.4. The largest absolute Gasteiger partial charge is 0.482 e. The first-order valence-electron chi connectivity index (χ1n) is 6.96. The lowest BCUT2D eigenvalue weighted by Crippen LogP contribution is -2.20. The fourth-order valence-electron chi connectivity index (χ4n) is 1.82. The van der Waals surface area contributed by atoms with Crippen LogP contribution in [0.15, 0.2) is 18.2 Å². The molecule has 1 heterocycles. The van der Waals surface area contributed by atoms with Crippen molar-refractivity contribution in [3.05, 3.63) is 48.9 Å². The van der Waals surface area contributed by atoms with Crippen LogP contribution in [-0.4, -0.2) is 29.2 Å². The average Bonchev–Trinajstić information content (AvgIpc) is 2.85. The van der Waals surface area contributed by atoms with Gasteiger partial charge in [0.05, 0.1) is 10.7 Å². The van der Waals surface area contributed by atoms with Gasteiger partial charge < -0.3 is 9.57 Å². The summed E-state index contributed by atoms with van der Waals surface area (Å²) in [7, 11) is 0. The molecule has 2 rings (SSSR count). The maximum Gasteiger partial charge on any atom is 0.294 e. The van der Waals surface area contributed by atoms with Crippen molar-refractivity contribution in [1.29, 1.82) is 0 Å². The van der Waals surface area contributed by atoms with Crippen molar-refractivity contribution >= 4 is 45.6 Å². The number of carbonyl (C=O) groups excluding carboxylic acids is 1. The molecule has 25 heavy (non-hydrogen) atoms. The van der Waals surface area contributed by atoms with Gasteiger partial charge in [-0.05, 0) is 25.1 Å². The van der Waals surface area contributed by atoms with E-state index >= 15 is 0 Å². The molecule has 0 spiro atoms. The van der Waals surface area contributed by atoms with Gasteiger partial charge in [-0.3, -0.25) is 10.1 Å². The molecule has 1 N–H and O–H groups in total. The molecule has 1 aromatic carbocycles. The Hall–Kier alpha value is -2.10. The summed E-state index contributed by atoms with van der Waals surface area (Å²) in [5.41, 5.74) is 0.675. The normalized spacial score (nSPS) is 10.4. The summed E-state index contributed by atoms with van der Waals surface area (Å²) in [4.78, 5) is 31.3. The van der Waals surface area contributed by atoms with Gasteiger partial charge in [0.15, 0.2) is 11.7 Å². The summed E-state index contributed by atoms with van der Waals surface area (Å²) in [5, 5.41) is 13.0. The predicted octanol–water partition coefficient (Wildman–Crippen LogP) is 3.53. The van der Waals surface area contributed by atoms with E-state index in [0.717, 1.165) is 4.88 Å². The van der Waals surface area contributed by atoms with Crippen LogP contribution in [0.4, 0.5) is 5.13 Å². The topological polar surface area (TPSA) is 104 Å². The van der Waals surface area contributed by atoms with Gasteiger partial charge >= 0.3 is 0 Å². The summed E-state index contributed by atoms with van der Waals surface area (Å²) in [5.74, 6) is -0.0676. The Morgan fingerprint density at radius 2 is 2.20 bits per heavy atom. The quantitative estimate of drug-likeness (QED) is 0.531. The maximum atomic E-state index is 11.9. The minimum Gasteiger partial charge on any atom is -0.482 e. The van der Waals surface area contributed by atoms with E-state index < -0.39 is 11.0 Å². The van der Waals surface area contributed by atoms with Gasteiger partial charge in [-0.25, -0.2) is 4.98 Å². The number of aryl methyl sites for hydroxylation is 1. The second-order valence-corrected chi connectivity index (χ2v) is 6.67. The van der Waals surface area contributed by atoms with Crippen LogP contribution in [-0.2, 0) is 16.1 Å². The lowest BCUT2D eigenvalue weighted by atomic mass is 10.3. The first kappa shape index (κ1) is 19.2. The highest BCUT2D eigenvalue weighted by atomic mass is 35.5. The minimum absolute atomic E-state index is 0.0679. The summed E-state index contributed by atoms with van der Waals surface area (Å²) in [6.07, 6.45) is 0.331. The number of nitrogens with zero attached hydrogens (tertiary/aromatic N) is 2. The Bertz CT molecular complexity index is 784. The third-order valence-corrected chi connectivity index (χ3v) is 4.58. The van der Waals surface area contributed by atoms with Crippen LogP contribution in [0.25, 0.3) is 0 Å². The molecular weight excluding hydrogens is 393 g/mol. The van der Waals surface area contributed by atoms with Gasteiger partial charge in [0.25, 0.3) is 11.0 Å². The Kier molecular flexibility index (Phi) is 6.80. The van der Waals surface area contributed by atoms with E-state index in [4.69, 9.17) is 27.9 Å². The Balaban J connectivity index is 1.86. The molecule has 0 saturated carbocycles. The molecule has 0 radical (unpaired) electrons. The number of nitrogens with one attached hydrogen (secondary N) is 1. The zero-order valence-corrected chi connectivity index (χ0v) is 15.3.